The molecule has 1 aromatic carbocycles. The normalized spacial score (nSPS) is 30.0. The van der Waals surface area contributed by atoms with Gasteiger partial charge in [0.1, 0.15) is 41.5 Å². The summed E-state index contributed by atoms with van der Waals surface area (Å²) in [4.78, 5) is 0. The summed E-state index contributed by atoms with van der Waals surface area (Å²) in [5.74, 6) is 3.79. The molecule has 2 aliphatic rings. The van der Waals surface area contributed by atoms with E-state index in [-0.39, 0.29) is 5.60 Å². The Morgan fingerprint density at radius 3 is 2.15 bits per heavy atom. The van der Waals surface area contributed by atoms with Gasteiger partial charge in [-0.2, -0.15) is 0 Å². The van der Waals surface area contributed by atoms with Crippen LogP contribution in [0.1, 0.15) is 110 Å². The molecule has 0 aliphatic carbocycles. The van der Waals surface area contributed by atoms with E-state index in [1.54, 1.807) is 0 Å². The Hall–Kier alpha value is -1.38. The molecular weight excluding hydrogens is 508 g/mol. The van der Waals surface area contributed by atoms with Crippen molar-refractivity contribution >= 4 is 0 Å². The maximum Gasteiger partial charge on any atom is 0.229 e. The van der Waals surface area contributed by atoms with Gasteiger partial charge in [0.05, 0.1) is 6.61 Å². The van der Waals surface area contributed by atoms with Crippen molar-refractivity contribution in [1.82, 2.24) is 0 Å². The molecule has 8 atom stereocenters. The molecule has 4 N–H and O–H groups in total. The maximum absolute atomic E-state index is 10.3. The minimum absolute atomic E-state index is 0.192. The second-order valence-electron chi connectivity index (χ2n) is 13.5. The molecule has 230 valence electrons. The Kier molecular flexibility index (Phi) is 12.6. The summed E-state index contributed by atoms with van der Waals surface area (Å²) in [6.07, 6.45) is 6.77. The Morgan fingerprint density at radius 2 is 1.52 bits per heavy atom. The van der Waals surface area contributed by atoms with E-state index in [0.717, 1.165) is 60.3 Å². The first-order valence-electron chi connectivity index (χ1n) is 15.7. The summed E-state index contributed by atoms with van der Waals surface area (Å²) in [6, 6.07) is 3.74. The van der Waals surface area contributed by atoms with E-state index in [1.165, 1.54) is 44.9 Å². The number of rotatable bonds is 15. The number of hydrogen-bond donors (Lipinski definition) is 4. The minimum Gasteiger partial charge on any atom is -0.487 e. The molecule has 0 amide bonds. The van der Waals surface area contributed by atoms with Crippen LogP contribution in [0, 0.1) is 24.7 Å². The average molecular weight is 565 g/mol. The minimum atomic E-state index is -1.47. The number of aliphatic hydroxyl groups is 4. The molecule has 2 aliphatic heterocycles. The van der Waals surface area contributed by atoms with Crippen LogP contribution in [0.2, 0.25) is 0 Å². The Bertz CT molecular complexity index is 903. The molecule has 7 heteroatoms. The van der Waals surface area contributed by atoms with Crippen LogP contribution in [0.4, 0.5) is 0 Å². The van der Waals surface area contributed by atoms with Crippen molar-refractivity contribution < 1.29 is 34.6 Å². The monoisotopic (exact) mass is 564 g/mol. The zero-order valence-electron chi connectivity index (χ0n) is 25.8. The lowest BCUT2D eigenvalue weighted by Gasteiger charge is -2.40. The molecular formula is C33H56O7. The Balaban J connectivity index is 1.45. The van der Waals surface area contributed by atoms with E-state index in [2.05, 4.69) is 34.6 Å². The first kappa shape index (κ1) is 33.1. The fourth-order valence-electron chi connectivity index (χ4n) is 6.18. The fourth-order valence-corrected chi connectivity index (χ4v) is 6.18. The second kappa shape index (κ2) is 15.2. The van der Waals surface area contributed by atoms with Gasteiger partial charge < -0.3 is 34.6 Å². The molecule has 0 bridgehead atoms. The number of ether oxygens (including phenoxy) is 3. The highest BCUT2D eigenvalue weighted by Gasteiger charge is 2.45. The largest absolute Gasteiger partial charge is 0.487 e. The van der Waals surface area contributed by atoms with Gasteiger partial charge in [0.2, 0.25) is 6.29 Å². The number of hydrogen-bond acceptors (Lipinski definition) is 7. The van der Waals surface area contributed by atoms with Crippen LogP contribution in [0.25, 0.3) is 0 Å². The van der Waals surface area contributed by atoms with Gasteiger partial charge in [-0.15, -0.1) is 0 Å². The van der Waals surface area contributed by atoms with E-state index in [1.807, 2.05) is 19.1 Å². The van der Waals surface area contributed by atoms with Gasteiger partial charge in [0, 0.05) is 0 Å². The third kappa shape index (κ3) is 9.32. The van der Waals surface area contributed by atoms with Gasteiger partial charge in [-0.1, -0.05) is 72.6 Å². The van der Waals surface area contributed by atoms with Crippen LogP contribution in [0.3, 0.4) is 0 Å². The lowest BCUT2D eigenvalue weighted by molar-refractivity contribution is -0.277. The first-order chi connectivity index (χ1) is 18.9. The van der Waals surface area contributed by atoms with Gasteiger partial charge in [-0.05, 0) is 80.5 Å². The van der Waals surface area contributed by atoms with Crippen molar-refractivity contribution in [2.45, 2.75) is 148 Å². The molecule has 0 aromatic heterocycles. The van der Waals surface area contributed by atoms with Crippen molar-refractivity contribution in [3.8, 4) is 11.5 Å². The SMILES string of the molecule is Cc1cc(O[C@@H]2O[C@H](CO)[C@H](O)[C@H](O)[C@H]2O)cc2c1O[C@@](C)(CCC[C@@H](C)CCC[C@@H](C)CCCC(C)C)CC2. The van der Waals surface area contributed by atoms with Gasteiger partial charge in [0.25, 0.3) is 0 Å². The third-order valence-corrected chi connectivity index (χ3v) is 8.97. The molecule has 2 heterocycles. The molecule has 7 nitrogen and oxygen atoms in total. The zero-order chi connectivity index (χ0) is 29.4. The molecule has 0 saturated carbocycles. The van der Waals surface area contributed by atoms with Gasteiger partial charge >= 0.3 is 0 Å². The summed E-state index contributed by atoms with van der Waals surface area (Å²) in [5.41, 5.74) is 1.80. The standard InChI is InChI=1S/C33H56O7/c1-21(2)10-7-11-22(3)12-8-13-23(4)14-9-16-33(6)17-15-25-19-26(18-24(5)31(25)40-33)38-32-30(37)29(36)28(35)27(20-34)39-32/h18-19,21-23,27-30,32,34-37H,7-17,20H2,1-6H3/t22-,23-,27+,28-,29-,30+,32+,33-/m0/s1. The Labute approximate surface area is 242 Å². The highest BCUT2D eigenvalue weighted by molar-refractivity contribution is 5.48. The van der Waals surface area contributed by atoms with Crippen molar-refractivity contribution in [2.75, 3.05) is 6.61 Å². The summed E-state index contributed by atoms with van der Waals surface area (Å²) in [6.45, 7) is 13.1. The molecule has 40 heavy (non-hydrogen) atoms. The highest BCUT2D eigenvalue weighted by Crippen LogP contribution is 2.41. The van der Waals surface area contributed by atoms with Gasteiger partial charge in [0.15, 0.2) is 0 Å². The topological polar surface area (TPSA) is 109 Å². The number of aliphatic hydroxyl groups excluding tert-OH is 4. The van der Waals surface area contributed by atoms with Crippen LogP contribution >= 0.6 is 0 Å². The first-order valence-corrected chi connectivity index (χ1v) is 15.7. The number of benzene rings is 1. The third-order valence-electron chi connectivity index (χ3n) is 8.97. The van der Waals surface area contributed by atoms with E-state index in [0.29, 0.717) is 5.75 Å². The van der Waals surface area contributed by atoms with Crippen LogP contribution in [0.15, 0.2) is 12.1 Å². The number of aryl methyl sites for hydroxylation is 2. The average Bonchev–Trinajstić information content (AvgIpc) is 2.89. The fraction of sp³-hybridized carbons (Fsp3) is 0.818. The van der Waals surface area contributed by atoms with Crippen molar-refractivity contribution in [3.05, 3.63) is 23.3 Å². The summed E-state index contributed by atoms with van der Waals surface area (Å²) < 4.78 is 18.0. The predicted molar refractivity (Wildman–Crippen MR) is 158 cm³/mol. The lowest BCUT2D eigenvalue weighted by atomic mass is 9.85. The lowest BCUT2D eigenvalue weighted by Crippen LogP contribution is -2.60. The van der Waals surface area contributed by atoms with Crippen LogP contribution in [-0.4, -0.2) is 63.3 Å². The molecule has 1 fully saturated rings. The smallest absolute Gasteiger partial charge is 0.229 e. The molecule has 1 aromatic rings. The van der Waals surface area contributed by atoms with Crippen molar-refractivity contribution in [3.63, 3.8) is 0 Å². The molecule has 3 rings (SSSR count). The van der Waals surface area contributed by atoms with E-state index < -0.39 is 37.3 Å². The Morgan fingerprint density at radius 1 is 0.900 bits per heavy atom. The highest BCUT2D eigenvalue weighted by atomic mass is 16.7. The summed E-state index contributed by atoms with van der Waals surface area (Å²) >= 11 is 0. The quantitative estimate of drug-likeness (QED) is 0.217. The van der Waals surface area contributed by atoms with E-state index in [4.69, 9.17) is 14.2 Å². The molecule has 0 radical (unpaired) electrons. The molecule has 0 unspecified atom stereocenters. The van der Waals surface area contributed by atoms with E-state index in [9.17, 15) is 20.4 Å². The summed E-state index contributed by atoms with van der Waals surface area (Å²) in [7, 11) is 0. The van der Waals surface area contributed by atoms with Gasteiger partial charge in [-0.3, -0.25) is 0 Å². The van der Waals surface area contributed by atoms with Crippen molar-refractivity contribution in [1.29, 1.82) is 0 Å². The van der Waals surface area contributed by atoms with Crippen molar-refractivity contribution in [2.24, 2.45) is 17.8 Å². The predicted octanol–water partition coefficient (Wildman–Crippen LogP) is 5.70. The van der Waals surface area contributed by atoms with Crippen LogP contribution in [0.5, 0.6) is 11.5 Å². The maximum atomic E-state index is 10.3. The van der Waals surface area contributed by atoms with Crippen LogP contribution < -0.4 is 9.47 Å². The summed E-state index contributed by atoms with van der Waals surface area (Å²) in [5, 5.41) is 39.9. The number of fused-ring (bicyclic) bond motifs is 1. The van der Waals surface area contributed by atoms with Crippen LogP contribution in [-0.2, 0) is 11.2 Å². The zero-order valence-corrected chi connectivity index (χ0v) is 25.8. The molecule has 0 spiro atoms. The van der Waals surface area contributed by atoms with E-state index >= 15 is 0 Å². The molecule has 1 saturated heterocycles. The second-order valence-corrected chi connectivity index (χ2v) is 13.5. The van der Waals surface area contributed by atoms with Gasteiger partial charge in [-0.25, -0.2) is 0 Å².